The van der Waals surface area contributed by atoms with Crippen LogP contribution in [0.5, 0.6) is 0 Å². The molecule has 2 N–H and O–H groups in total. The number of oxazole rings is 1. The lowest BCUT2D eigenvalue weighted by atomic mass is 10.1. The molecule has 0 unspecified atom stereocenters. The van der Waals surface area contributed by atoms with Crippen molar-refractivity contribution in [3.63, 3.8) is 0 Å². The van der Waals surface area contributed by atoms with Gasteiger partial charge in [0.25, 0.3) is 0 Å². The topological polar surface area (TPSA) is 62.5 Å². The van der Waals surface area contributed by atoms with E-state index in [1.807, 2.05) is 37.3 Å². The molecule has 27 heavy (non-hydrogen) atoms. The molecule has 3 aromatic rings. The molecule has 0 fully saturated rings. The van der Waals surface area contributed by atoms with Crippen LogP contribution in [0.15, 0.2) is 64.2 Å². The summed E-state index contributed by atoms with van der Waals surface area (Å²) < 4.78 is 18.8. The van der Waals surface area contributed by atoms with Gasteiger partial charge < -0.3 is 15.1 Å². The van der Waals surface area contributed by atoms with Crippen LogP contribution in [0.2, 0.25) is 0 Å². The Hall–Kier alpha value is -2.42. The average Bonchev–Trinajstić information content (AvgIpc) is 3.11. The van der Waals surface area contributed by atoms with Gasteiger partial charge in [-0.15, -0.1) is 24.0 Å². The van der Waals surface area contributed by atoms with Crippen LogP contribution in [0, 0.1) is 12.7 Å². The number of halogens is 2. The summed E-state index contributed by atoms with van der Waals surface area (Å²) in [4.78, 5) is 8.64. The highest BCUT2D eigenvalue weighted by atomic mass is 127. The van der Waals surface area contributed by atoms with Crippen molar-refractivity contribution in [2.75, 3.05) is 7.05 Å². The fourth-order valence-electron chi connectivity index (χ4n) is 2.44. The number of nitrogens with zero attached hydrogens (tertiary/aromatic N) is 2. The van der Waals surface area contributed by atoms with E-state index in [-0.39, 0.29) is 29.8 Å². The van der Waals surface area contributed by atoms with Crippen LogP contribution in [-0.2, 0) is 13.1 Å². The van der Waals surface area contributed by atoms with Crippen LogP contribution in [-0.4, -0.2) is 18.0 Å². The van der Waals surface area contributed by atoms with E-state index in [2.05, 4.69) is 20.6 Å². The maximum Gasteiger partial charge on any atom is 0.226 e. The second kappa shape index (κ2) is 10.1. The lowest BCUT2D eigenvalue weighted by molar-refractivity contribution is 0.572. The highest BCUT2D eigenvalue weighted by molar-refractivity contribution is 14.0. The number of aryl methyl sites for hydroxylation is 1. The Morgan fingerprint density at radius 1 is 1.11 bits per heavy atom. The molecule has 5 nitrogen and oxygen atoms in total. The van der Waals surface area contributed by atoms with E-state index in [9.17, 15) is 4.39 Å². The number of nitrogens with one attached hydrogen (secondary N) is 2. The first-order chi connectivity index (χ1) is 12.6. The van der Waals surface area contributed by atoms with E-state index >= 15 is 0 Å². The first-order valence-electron chi connectivity index (χ1n) is 8.34. The lowest BCUT2D eigenvalue weighted by Crippen LogP contribution is -2.36. The minimum Gasteiger partial charge on any atom is -0.444 e. The zero-order valence-corrected chi connectivity index (χ0v) is 17.5. The summed E-state index contributed by atoms with van der Waals surface area (Å²) in [5, 5.41) is 6.31. The molecule has 0 aliphatic heterocycles. The minimum absolute atomic E-state index is 0. The summed E-state index contributed by atoms with van der Waals surface area (Å²) in [6, 6.07) is 14.5. The van der Waals surface area contributed by atoms with Gasteiger partial charge in [0.05, 0.1) is 12.2 Å². The Balaban J connectivity index is 0.00000261. The van der Waals surface area contributed by atoms with Crippen molar-refractivity contribution in [3.8, 4) is 11.5 Å². The summed E-state index contributed by atoms with van der Waals surface area (Å²) in [7, 11) is 1.68. The van der Waals surface area contributed by atoms with Crippen molar-refractivity contribution in [2.45, 2.75) is 20.0 Å². The van der Waals surface area contributed by atoms with E-state index in [0.717, 1.165) is 16.8 Å². The molecule has 0 radical (unpaired) electrons. The average molecular weight is 480 g/mol. The maximum atomic E-state index is 13.2. The van der Waals surface area contributed by atoms with Crippen molar-refractivity contribution in [1.29, 1.82) is 0 Å². The number of guanidine groups is 1. The zero-order valence-electron chi connectivity index (χ0n) is 15.2. The molecule has 0 atom stereocenters. The fraction of sp³-hybridized carbons (Fsp3) is 0.200. The Morgan fingerprint density at radius 3 is 2.56 bits per heavy atom. The van der Waals surface area contributed by atoms with Gasteiger partial charge in [0, 0.05) is 19.2 Å². The van der Waals surface area contributed by atoms with E-state index in [4.69, 9.17) is 4.42 Å². The number of aromatic nitrogens is 1. The highest BCUT2D eigenvalue weighted by Gasteiger charge is 2.07. The van der Waals surface area contributed by atoms with Gasteiger partial charge in [-0.05, 0) is 36.8 Å². The van der Waals surface area contributed by atoms with Gasteiger partial charge in [0.15, 0.2) is 5.96 Å². The highest BCUT2D eigenvalue weighted by Crippen LogP contribution is 2.18. The molecular formula is C20H22FIN4O. The van der Waals surface area contributed by atoms with Crippen molar-refractivity contribution < 1.29 is 8.81 Å². The largest absolute Gasteiger partial charge is 0.444 e. The van der Waals surface area contributed by atoms with Crippen LogP contribution >= 0.6 is 24.0 Å². The predicted molar refractivity (Wildman–Crippen MR) is 116 cm³/mol. The molecule has 3 rings (SSSR count). The summed E-state index contributed by atoms with van der Waals surface area (Å²) >= 11 is 0. The fourth-order valence-corrected chi connectivity index (χ4v) is 2.44. The van der Waals surface area contributed by atoms with E-state index in [1.165, 1.54) is 17.7 Å². The van der Waals surface area contributed by atoms with Gasteiger partial charge in [-0.1, -0.05) is 29.8 Å². The molecule has 0 spiro atoms. The number of rotatable bonds is 5. The standard InChI is InChI=1S/C20H21FN4O.HI/c1-14-6-8-16(9-7-14)19-25-18(13-26-19)12-24-20(22-2)23-11-15-4-3-5-17(21)10-15;/h3-10,13H,11-12H2,1-2H3,(H2,22,23,24);1H. The molecule has 0 aliphatic carbocycles. The molecule has 1 aromatic heterocycles. The van der Waals surface area contributed by atoms with E-state index in [0.29, 0.717) is 24.9 Å². The predicted octanol–water partition coefficient (Wildman–Crippen LogP) is 4.27. The second-order valence-electron chi connectivity index (χ2n) is 5.92. The molecular weight excluding hydrogens is 458 g/mol. The molecule has 0 saturated heterocycles. The molecule has 0 amide bonds. The summed E-state index contributed by atoms with van der Waals surface area (Å²) in [6.45, 7) is 2.99. The Morgan fingerprint density at radius 2 is 1.85 bits per heavy atom. The van der Waals surface area contributed by atoms with Crippen LogP contribution in [0.3, 0.4) is 0 Å². The maximum absolute atomic E-state index is 13.2. The summed E-state index contributed by atoms with van der Waals surface area (Å²) in [5.74, 6) is 0.942. The normalized spacial score (nSPS) is 11.0. The van der Waals surface area contributed by atoms with Crippen molar-refractivity contribution in [3.05, 3.63) is 77.4 Å². The molecule has 0 bridgehead atoms. The number of hydrogen-bond donors (Lipinski definition) is 2. The molecule has 1 heterocycles. The minimum atomic E-state index is -0.251. The lowest BCUT2D eigenvalue weighted by Gasteiger charge is -2.10. The SMILES string of the molecule is CN=C(NCc1cccc(F)c1)NCc1coc(-c2ccc(C)cc2)n1.I. The van der Waals surface area contributed by atoms with Crippen molar-refractivity contribution in [1.82, 2.24) is 15.6 Å². The van der Waals surface area contributed by atoms with Crippen LogP contribution in [0.1, 0.15) is 16.8 Å². The molecule has 2 aromatic carbocycles. The first kappa shape index (κ1) is 20.9. The first-order valence-corrected chi connectivity index (χ1v) is 8.34. The van der Waals surface area contributed by atoms with Gasteiger partial charge in [0.1, 0.15) is 12.1 Å². The third-order valence-corrected chi connectivity index (χ3v) is 3.86. The monoisotopic (exact) mass is 480 g/mol. The smallest absolute Gasteiger partial charge is 0.226 e. The van der Waals surface area contributed by atoms with Crippen LogP contribution in [0.4, 0.5) is 4.39 Å². The Labute approximate surface area is 175 Å². The van der Waals surface area contributed by atoms with E-state index < -0.39 is 0 Å². The third kappa shape index (κ3) is 6.06. The molecule has 0 saturated carbocycles. The van der Waals surface area contributed by atoms with Crippen molar-refractivity contribution >= 4 is 29.9 Å². The molecule has 0 aliphatic rings. The third-order valence-electron chi connectivity index (χ3n) is 3.86. The summed E-state index contributed by atoms with van der Waals surface area (Å²) in [6.07, 6.45) is 1.63. The molecule has 7 heteroatoms. The van der Waals surface area contributed by atoms with Gasteiger partial charge in [-0.2, -0.15) is 0 Å². The summed E-state index contributed by atoms with van der Waals surface area (Å²) in [5.41, 5.74) is 3.75. The number of aliphatic imine (C=N–C) groups is 1. The van der Waals surface area contributed by atoms with Gasteiger partial charge in [-0.25, -0.2) is 9.37 Å². The van der Waals surface area contributed by atoms with Crippen LogP contribution < -0.4 is 10.6 Å². The quantitative estimate of drug-likeness (QED) is 0.325. The second-order valence-corrected chi connectivity index (χ2v) is 5.92. The number of hydrogen-bond acceptors (Lipinski definition) is 3. The van der Waals surface area contributed by atoms with Gasteiger partial charge in [0.2, 0.25) is 5.89 Å². The van der Waals surface area contributed by atoms with Crippen LogP contribution in [0.25, 0.3) is 11.5 Å². The zero-order chi connectivity index (χ0) is 18.4. The van der Waals surface area contributed by atoms with Gasteiger partial charge >= 0.3 is 0 Å². The Bertz CT molecular complexity index is 893. The van der Waals surface area contributed by atoms with E-state index in [1.54, 1.807) is 19.4 Å². The molecule has 142 valence electrons. The van der Waals surface area contributed by atoms with Gasteiger partial charge in [-0.3, -0.25) is 4.99 Å². The Kier molecular flexibility index (Phi) is 7.78. The number of benzene rings is 2. The van der Waals surface area contributed by atoms with Crippen molar-refractivity contribution in [2.24, 2.45) is 4.99 Å².